The zero-order valence-corrected chi connectivity index (χ0v) is 27.2. The first-order valence-electron chi connectivity index (χ1n) is 16.5. The van der Waals surface area contributed by atoms with Crippen molar-refractivity contribution in [3.8, 4) is 5.75 Å². The summed E-state index contributed by atoms with van der Waals surface area (Å²) in [5.41, 5.74) is -4.59. The topological polar surface area (TPSA) is 95.0 Å². The van der Waals surface area contributed by atoms with Gasteiger partial charge in [0.1, 0.15) is 5.75 Å². The van der Waals surface area contributed by atoms with Gasteiger partial charge >= 0.3 is 12.4 Å². The summed E-state index contributed by atoms with van der Waals surface area (Å²) in [6.45, 7) is 1.64. The molecule has 0 bridgehead atoms. The summed E-state index contributed by atoms with van der Waals surface area (Å²) in [6, 6.07) is 19.1. The van der Waals surface area contributed by atoms with Crippen molar-refractivity contribution in [2.75, 3.05) is 9.80 Å². The van der Waals surface area contributed by atoms with Crippen LogP contribution in [0.4, 0.5) is 37.7 Å². The highest BCUT2D eigenvalue weighted by atomic mass is 19.4. The molecule has 0 aromatic heterocycles. The SMILES string of the molecule is CC12C(=O)N(c3ccccc3)C(=O)C1CC1C(=CCC3C(=O)N(c4cc(C(F)(F)F)cc(C(F)(F)F)c4)C(=O)C31)C2c1c(O)ccc2ccccc12. The number of amides is 4. The monoisotopic (exact) mass is 718 g/mol. The van der Waals surface area contributed by atoms with Gasteiger partial charge in [0.15, 0.2) is 0 Å². The van der Waals surface area contributed by atoms with E-state index in [9.17, 15) is 50.6 Å². The number of rotatable bonds is 3. The Hall–Kier alpha value is -5.46. The molecule has 4 aliphatic rings. The van der Waals surface area contributed by atoms with E-state index in [0.29, 0.717) is 44.6 Å². The van der Waals surface area contributed by atoms with Gasteiger partial charge in [0.25, 0.3) is 0 Å². The van der Waals surface area contributed by atoms with Gasteiger partial charge in [0.2, 0.25) is 23.6 Å². The van der Waals surface area contributed by atoms with Crippen molar-refractivity contribution in [1.82, 2.24) is 0 Å². The Balaban J connectivity index is 1.30. The molecule has 0 radical (unpaired) electrons. The number of phenolic OH excluding ortho intramolecular Hbond substituents is 1. The maximum absolute atomic E-state index is 14.7. The number of para-hydroxylation sites is 1. The highest BCUT2D eigenvalue weighted by Crippen LogP contribution is 2.65. The zero-order valence-electron chi connectivity index (χ0n) is 27.2. The van der Waals surface area contributed by atoms with E-state index in [1.54, 1.807) is 67.6 Å². The fourth-order valence-electron chi connectivity index (χ4n) is 9.06. The number of carbonyl (C=O) groups excluding carboxylic acids is 4. The van der Waals surface area contributed by atoms with Crippen LogP contribution in [-0.2, 0) is 31.5 Å². The molecule has 13 heteroatoms. The van der Waals surface area contributed by atoms with Crippen LogP contribution in [0.3, 0.4) is 0 Å². The Morgan fingerprint density at radius 3 is 2.00 bits per heavy atom. The van der Waals surface area contributed by atoms with Gasteiger partial charge in [-0.15, -0.1) is 0 Å². The van der Waals surface area contributed by atoms with Gasteiger partial charge in [0.05, 0.1) is 45.7 Å². The van der Waals surface area contributed by atoms with Gasteiger partial charge in [-0.2, -0.15) is 26.3 Å². The van der Waals surface area contributed by atoms with Gasteiger partial charge in [-0.25, -0.2) is 9.80 Å². The van der Waals surface area contributed by atoms with Crippen LogP contribution in [0.2, 0.25) is 0 Å². The maximum atomic E-state index is 14.7. The first-order valence-corrected chi connectivity index (χ1v) is 16.5. The van der Waals surface area contributed by atoms with Crippen molar-refractivity contribution in [2.45, 2.75) is 38.0 Å². The molecule has 2 heterocycles. The van der Waals surface area contributed by atoms with Crippen LogP contribution in [-0.4, -0.2) is 28.7 Å². The molecule has 0 spiro atoms. The molecule has 266 valence electrons. The lowest BCUT2D eigenvalue weighted by Gasteiger charge is -2.49. The van der Waals surface area contributed by atoms with E-state index in [4.69, 9.17) is 0 Å². The third-order valence-corrected chi connectivity index (χ3v) is 11.4. The van der Waals surface area contributed by atoms with Crippen LogP contribution < -0.4 is 9.80 Å². The minimum atomic E-state index is -5.22. The average Bonchev–Trinajstić information content (AvgIpc) is 3.47. The summed E-state index contributed by atoms with van der Waals surface area (Å²) < 4.78 is 82.9. The number of allylic oxidation sites excluding steroid dienone is 2. The molecule has 4 aromatic carbocycles. The van der Waals surface area contributed by atoms with Crippen molar-refractivity contribution >= 4 is 45.8 Å². The number of alkyl halides is 6. The third-order valence-electron chi connectivity index (χ3n) is 11.4. The maximum Gasteiger partial charge on any atom is 0.416 e. The number of carbonyl (C=O) groups is 4. The number of halogens is 6. The van der Waals surface area contributed by atoms with E-state index in [-0.39, 0.29) is 24.7 Å². The highest BCUT2D eigenvalue weighted by molar-refractivity contribution is 6.25. The molecular formula is C39H28F6N2O5. The molecule has 1 N–H and O–H groups in total. The van der Waals surface area contributed by atoms with Crippen LogP contribution in [0.15, 0.2) is 96.6 Å². The Kier molecular flexibility index (Phi) is 7.30. The lowest BCUT2D eigenvalue weighted by Crippen LogP contribution is -2.49. The standard InChI is InChI=1S/C39H28F6N2O5/c1-37-28(34(50)47(36(37)52)22-8-3-2-4-9-22)18-27-25(32(37)31-24-10-6-5-7-19(24)11-14-29(31)48)12-13-26-30(27)35(51)46(33(26)49)23-16-20(38(40,41)42)15-21(17-23)39(43,44)45/h2-12,14-17,26-28,30,32,48H,13,18H2,1H3. The van der Waals surface area contributed by atoms with E-state index in [2.05, 4.69) is 0 Å². The summed E-state index contributed by atoms with van der Waals surface area (Å²) in [5.74, 6) is -8.68. The lowest BCUT2D eigenvalue weighted by molar-refractivity contribution is -0.143. The van der Waals surface area contributed by atoms with E-state index in [1.807, 2.05) is 6.07 Å². The minimum absolute atomic E-state index is 0.0777. The molecule has 2 aliphatic heterocycles. The fraction of sp³-hybridized carbons (Fsp3) is 0.282. The summed E-state index contributed by atoms with van der Waals surface area (Å²) in [7, 11) is 0. The fourth-order valence-corrected chi connectivity index (χ4v) is 9.06. The molecule has 2 saturated heterocycles. The first-order chi connectivity index (χ1) is 24.5. The van der Waals surface area contributed by atoms with Gasteiger partial charge in [-0.05, 0) is 72.9 Å². The number of imide groups is 2. The number of anilines is 2. The van der Waals surface area contributed by atoms with Crippen molar-refractivity contribution in [1.29, 1.82) is 0 Å². The molecule has 2 aliphatic carbocycles. The molecule has 3 fully saturated rings. The smallest absolute Gasteiger partial charge is 0.416 e. The third kappa shape index (κ3) is 4.73. The van der Waals surface area contributed by atoms with Crippen LogP contribution in [0.25, 0.3) is 10.8 Å². The number of hydrogen-bond acceptors (Lipinski definition) is 5. The Labute approximate surface area is 292 Å². The van der Waals surface area contributed by atoms with E-state index >= 15 is 0 Å². The highest BCUT2D eigenvalue weighted by Gasteiger charge is 2.68. The first kappa shape index (κ1) is 33.7. The quantitative estimate of drug-likeness (QED) is 0.132. The summed E-state index contributed by atoms with van der Waals surface area (Å²) in [5, 5.41) is 12.8. The number of benzene rings is 4. The van der Waals surface area contributed by atoms with Crippen molar-refractivity contribution in [3.63, 3.8) is 0 Å². The summed E-state index contributed by atoms with van der Waals surface area (Å²) in [4.78, 5) is 58.8. The van der Waals surface area contributed by atoms with Gasteiger partial charge in [-0.1, -0.05) is 60.2 Å². The lowest BCUT2D eigenvalue weighted by atomic mass is 9.51. The second-order valence-corrected chi connectivity index (χ2v) is 14.0. The zero-order chi connectivity index (χ0) is 37.1. The number of hydrogen-bond donors (Lipinski definition) is 1. The minimum Gasteiger partial charge on any atom is -0.508 e. The molecule has 6 atom stereocenters. The molecule has 8 rings (SSSR count). The van der Waals surface area contributed by atoms with Gasteiger partial charge < -0.3 is 5.11 Å². The largest absolute Gasteiger partial charge is 0.508 e. The second-order valence-electron chi connectivity index (χ2n) is 14.0. The van der Waals surface area contributed by atoms with E-state index in [0.717, 1.165) is 4.90 Å². The number of fused-ring (bicyclic) bond motifs is 5. The number of phenols is 1. The van der Waals surface area contributed by atoms with Crippen molar-refractivity contribution in [2.24, 2.45) is 29.1 Å². The average molecular weight is 719 g/mol. The number of aromatic hydroxyl groups is 1. The predicted octanol–water partition coefficient (Wildman–Crippen LogP) is 8.02. The Morgan fingerprint density at radius 2 is 1.35 bits per heavy atom. The summed E-state index contributed by atoms with van der Waals surface area (Å²) >= 11 is 0. The van der Waals surface area contributed by atoms with E-state index in [1.165, 1.54) is 6.07 Å². The molecular weight excluding hydrogens is 690 g/mol. The van der Waals surface area contributed by atoms with Crippen LogP contribution in [0, 0.1) is 29.1 Å². The van der Waals surface area contributed by atoms with Crippen molar-refractivity contribution in [3.05, 3.63) is 113 Å². The van der Waals surface area contributed by atoms with Crippen LogP contribution in [0.1, 0.15) is 42.4 Å². The van der Waals surface area contributed by atoms with Crippen LogP contribution in [0.5, 0.6) is 5.75 Å². The molecule has 4 aromatic rings. The predicted molar refractivity (Wildman–Crippen MR) is 176 cm³/mol. The van der Waals surface area contributed by atoms with E-state index < -0.39 is 87.8 Å². The summed E-state index contributed by atoms with van der Waals surface area (Å²) in [6.07, 6.45) is -8.97. The van der Waals surface area contributed by atoms with Gasteiger partial charge in [-0.3, -0.25) is 19.2 Å². The molecule has 1 saturated carbocycles. The molecule has 6 unspecified atom stereocenters. The van der Waals surface area contributed by atoms with Crippen LogP contribution >= 0.6 is 0 Å². The Morgan fingerprint density at radius 1 is 0.712 bits per heavy atom. The molecule has 4 amide bonds. The number of nitrogens with zero attached hydrogens (tertiary/aromatic N) is 2. The van der Waals surface area contributed by atoms with Crippen molar-refractivity contribution < 1.29 is 50.6 Å². The molecule has 52 heavy (non-hydrogen) atoms. The molecule has 7 nitrogen and oxygen atoms in total. The Bertz CT molecular complexity index is 2220. The second kappa shape index (κ2) is 11.3. The normalized spacial score (nSPS) is 27.5. The van der Waals surface area contributed by atoms with Gasteiger partial charge in [0, 0.05) is 11.5 Å².